The molecule has 6 atom stereocenters. The van der Waals surface area contributed by atoms with Crippen molar-refractivity contribution >= 4 is 22.1 Å². The first-order valence-electron chi connectivity index (χ1n) is 21.4. The molecule has 4 N–H and O–H groups in total. The molecule has 0 saturated carbocycles. The van der Waals surface area contributed by atoms with E-state index in [-0.39, 0.29) is 12.8 Å². The van der Waals surface area contributed by atoms with Crippen LogP contribution >= 0.6 is 0 Å². The minimum absolute atomic E-state index is 0.0328. The summed E-state index contributed by atoms with van der Waals surface area (Å²) < 4.78 is 53.6. The Bertz CT molecular complexity index is 1290. The maximum Gasteiger partial charge on any atom is 0.308 e. The summed E-state index contributed by atoms with van der Waals surface area (Å²) in [6.45, 7) is 3.74. The molecule has 57 heavy (non-hydrogen) atoms. The number of carbonyl (C=O) groups excluding carboxylic acids is 2. The fourth-order valence-electron chi connectivity index (χ4n) is 6.10. The highest BCUT2D eigenvalue weighted by Crippen LogP contribution is 2.24. The van der Waals surface area contributed by atoms with Crippen molar-refractivity contribution in [2.45, 2.75) is 192 Å². The third-order valence-corrected chi connectivity index (χ3v) is 10.1. The van der Waals surface area contributed by atoms with E-state index in [1.54, 1.807) is 0 Å². The summed E-state index contributed by atoms with van der Waals surface area (Å²) >= 11 is 0. The largest absolute Gasteiger partial charge is 0.423 e. The quantitative estimate of drug-likeness (QED) is 0.0160. The van der Waals surface area contributed by atoms with Gasteiger partial charge in [-0.2, -0.15) is 8.42 Å². The van der Waals surface area contributed by atoms with E-state index >= 15 is 0 Å². The van der Waals surface area contributed by atoms with Gasteiger partial charge in [-0.1, -0.05) is 152 Å². The van der Waals surface area contributed by atoms with Crippen LogP contribution in [0.5, 0.6) is 0 Å². The molecule has 328 valence electrons. The Morgan fingerprint density at radius 1 is 0.596 bits per heavy atom. The summed E-state index contributed by atoms with van der Waals surface area (Å²) in [5.74, 6) is -2.32. The number of carbonyl (C=O) groups is 2. The fraction of sp³-hybridized carbons (Fsp3) is 0.727. The van der Waals surface area contributed by atoms with Gasteiger partial charge in [0.05, 0.1) is 0 Å². The van der Waals surface area contributed by atoms with Crippen LogP contribution in [0.25, 0.3) is 0 Å². The van der Waals surface area contributed by atoms with Gasteiger partial charge in [0, 0.05) is 12.8 Å². The van der Waals surface area contributed by atoms with E-state index in [9.17, 15) is 37.9 Å². The van der Waals surface area contributed by atoms with Crippen LogP contribution in [0.1, 0.15) is 155 Å². The van der Waals surface area contributed by atoms with Crippen LogP contribution in [0.3, 0.4) is 0 Å². The van der Waals surface area contributed by atoms with E-state index in [0.717, 1.165) is 51.4 Å². The number of hydrogen-bond donors (Lipinski definition) is 4. The van der Waals surface area contributed by atoms with Gasteiger partial charge in [0.1, 0.15) is 36.8 Å². The first-order valence-corrected chi connectivity index (χ1v) is 23.0. The van der Waals surface area contributed by atoms with Gasteiger partial charge in [-0.3, -0.25) is 14.1 Å². The molecule has 0 aromatic carbocycles. The lowest BCUT2D eigenvalue weighted by Crippen LogP contribution is -2.60. The van der Waals surface area contributed by atoms with Gasteiger partial charge in [0.2, 0.25) is 0 Å². The highest BCUT2D eigenvalue weighted by molar-refractivity contribution is 7.85. The van der Waals surface area contributed by atoms with Crippen molar-refractivity contribution in [3.05, 3.63) is 60.8 Å². The van der Waals surface area contributed by atoms with E-state index in [1.165, 1.54) is 57.8 Å². The molecule has 1 saturated heterocycles. The van der Waals surface area contributed by atoms with Crippen molar-refractivity contribution in [2.75, 3.05) is 12.4 Å². The zero-order valence-electron chi connectivity index (χ0n) is 34.7. The molecule has 1 aliphatic heterocycles. The van der Waals surface area contributed by atoms with Crippen molar-refractivity contribution in [3.63, 3.8) is 0 Å². The fourth-order valence-corrected chi connectivity index (χ4v) is 6.79. The van der Waals surface area contributed by atoms with E-state index < -0.39 is 71.4 Å². The third kappa shape index (κ3) is 29.2. The molecule has 1 aliphatic rings. The predicted molar refractivity (Wildman–Crippen MR) is 224 cm³/mol. The van der Waals surface area contributed by atoms with Crippen LogP contribution < -0.4 is 0 Å². The number of allylic oxidation sites excluding steroid dienone is 10. The number of aliphatic hydroxyl groups is 3. The van der Waals surface area contributed by atoms with Crippen LogP contribution in [0.4, 0.5) is 0 Å². The average molecular weight is 827 g/mol. The van der Waals surface area contributed by atoms with Crippen LogP contribution in [0, 0.1) is 0 Å². The monoisotopic (exact) mass is 826 g/mol. The first kappa shape index (κ1) is 52.4. The van der Waals surface area contributed by atoms with E-state index in [2.05, 4.69) is 62.5 Å². The number of esters is 2. The van der Waals surface area contributed by atoms with Crippen molar-refractivity contribution in [3.8, 4) is 0 Å². The van der Waals surface area contributed by atoms with Crippen LogP contribution in [0.2, 0.25) is 0 Å². The third-order valence-electron chi connectivity index (χ3n) is 9.36. The van der Waals surface area contributed by atoms with Crippen molar-refractivity contribution in [1.29, 1.82) is 0 Å². The number of unbranched alkanes of at least 4 members (excludes halogenated alkanes) is 13. The maximum absolute atomic E-state index is 12.7. The number of ether oxygens (including phenoxy) is 4. The van der Waals surface area contributed by atoms with Crippen molar-refractivity contribution in [1.82, 2.24) is 0 Å². The maximum atomic E-state index is 12.7. The molecule has 1 rings (SSSR count). The van der Waals surface area contributed by atoms with E-state index in [1.807, 2.05) is 12.2 Å². The van der Waals surface area contributed by atoms with E-state index in [0.29, 0.717) is 19.3 Å². The van der Waals surface area contributed by atoms with Crippen LogP contribution in [0.15, 0.2) is 60.8 Å². The lowest BCUT2D eigenvalue weighted by atomic mass is 10.00. The smallest absolute Gasteiger partial charge is 0.308 e. The zero-order chi connectivity index (χ0) is 42.0. The first-order chi connectivity index (χ1) is 27.5. The molecule has 0 amide bonds. The Balaban J connectivity index is 2.54. The average Bonchev–Trinajstić information content (AvgIpc) is 3.17. The predicted octanol–water partition coefficient (Wildman–Crippen LogP) is 8.51. The molecule has 12 nitrogen and oxygen atoms in total. The highest BCUT2D eigenvalue weighted by Gasteiger charge is 2.46. The minimum atomic E-state index is -4.62. The number of hydrogen-bond acceptors (Lipinski definition) is 11. The summed E-state index contributed by atoms with van der Waals surface area (Å²) in [6, 6.07) is 0. The van der Waals surface area contributed by atoms with Crippen LogP contribution in [-0.2, 0) is 38.7 Å². The van der Waals surface area contributed by atoms with E-state index in [4.69, 9.17) is 18.9 Å². The van der Waals surface area contributed by atoms with Gasteiger partial charge in [0.25, 0.3) is 16.4 Å². The normalized spacial score (nSPS) is 21.1. The summed E-state index contributed by atoms with van der Waals surface area (Å²) in [7, 11) is -4.62. The van der Waals surface area contributed by atoms with Gasteiger partial charge in [-0.25, -0.2) is 0 Å². The Labute approximate surface area is 343 Å². The summed E-state index contributed by atoms with van der Waals surface area (Å²) in [4.78, 5) is 25.5. The summed E-state index contributed by atoms with van der Waals surface area (Å²) in [5.41, 5.74) is 0. The molecule has 0 radical (unpaired) electrons. The Hall–Kier alpha value is -2.65. The molecular weight excluding hydrogens is 753 g/mol. The molecule has 0 bridgehead atoms. The molecule has 13 heteroatoms. The molecule has 1 fully saturated rings. The SMILES string of the molecule is CC/C=C\C/C=C\C/C=C\C/C=C\C/C=C\CCCC(=O)O[C@H](CO[C@H]1O[C@H](CS(=O)(=O)O)[C@@H](O)[C@H](O)[C@H]1O)OC(=O)CCCCCCCCCCCCCCC. The highest BCUT2D eigenvalue weighted by atomic mass is 32.2. The molecule has 0 spiro atoms. The van der Waals surface area contributed by atoms with Gasteiger partial charge in [-0.15, -0.1) is 0 Å². The molecule has 1 heterocycles. The zero-order valence-corrected chi connectivity index (χ0v) is 35.5. The molecular formula is C44H74O12S. The summed E-state index contributed by atoms with van der Waals surface area (Å²) in [6.07, 6.45) is 31.5. The second kappa shape index (κ2) is 34.2. The van der Waals surface area contributed by atoms with Crippen molar-refractivity contribution < 1.29 is 56.8 Å². The second-order valence-corrected chi connectivity index (χ2v) is 16.1. The molecule has 0 unspecified atom stereocenters. The standard InChI is InChI=1S/C44H74O12S/c1-3-5-7-9-11-13-15-17-18-19-20-22-24-26-28-30-32-34-39(46)56-40(35-53-44-43(49)42(48)41(47)37(54-44)36-57(50,51)52)55-38(45)33-31-29-27-25-23-21-16-14-12-10-8-6-4-2/h5,7,11,13,17-18,20,22,26,28,37,40-44,47-49H,3-4,6,8-10,12,14-16,19,21,23-25,27,29-36H2,1-2H3,(H,50,51,52)/b7-5-,13-11-,18-17-,22-20-,28-26-/t37-,40-,41-,42+,43-,44+/m1/s1. The second-order valence-electron chi connectivity index (χ2n) is 14.6. The Morgan fingerprint density at radius 2 is 1.04 bits per heavy atom. The lowest BCUT2D eigenvalue weighted by molar-refractivity contribution is -0.303. The lowest BCUT2D eigenvalue weighted by Gasteiger charge is -2.40. The van der Waals surface area contributed by atoms with Crippen molar-refractivity contribution in [2.24, 2.45) is 0 Å². The molecule has 0 aliphatic carbocycles. The Morgan fingerprint density at radius 3 is 1.51 bits per heavy atom. The van der Waals surface area contributed by atoms with Gasteiger partial charge < -0.3 is 34.3 Å². The molecule has 0 aromatic rings. The van der Waals surface area contributed by atoms with Gasteiger partial charge >= 0.3 is 11.9 Å². The number of rotatable bonds is 34. The van der Waals surface area contributed by atoms with Gasteiger partial charge in [0.15, 0.2) is 6.29 Å². The topological polar surface area (TPSA) is 186 Å². The minimum Gasteiger partial charge on any atom is -0.423 e. The van der Waals surface area contributed by atoms with Gasteiger partial charge in [-0.05, 0) is 51.4 Å². The Kier molecular flexibility index (Phi) is 31.5. The number of aliphatic hydroxyl groups excluding tert-OH is 3. The van der Waals surface area contributed by atoms with Crippen LogP contribution in [-0.4, -0.2) is 89.6 Å². The molecule has 0 aromatic heterocycles. The summed E-state index contributed by atoms with van der Waals surface area (Å²) in [5, 5.41) is 30.8.